The molecule has 10 nitrogen and oxygen atoms in total. The van der Waals surface area contributed by atoms with Crippen LogP contribution in [0.4, 0.5) is 0 Å². The van der Waals surface area contributed by atoms with Crippen molar-refractivity contribution in [2.24, 2.45) is 11.7 Å². The Morgan fingerprint density at radius 1 is 1.23 bits per heavy atom. The average Bonchev–Trinajstić information content (AvgIpc) is 3.22. The molecule has 3 aromatic rings. The van der Waals surface area contributed by atoms with Gasteiger partial charge in [0, 0.05) is 30.6 Å². The fourth-order valence-electron chi connectivity index (χ4n) is 3.98. The van der Waals surface area contributed by atoms with Gasteiger partial charge in [0.25, 0.3) is 5.91 Å². The van der Waals surface area contributed by atoms with Gasteiger partial charge in [-0.1, -0.05) is 12.1 Å². The molecule has 4 unspecified atom stereocenters. The number of methoxy groups -OCH3 is 1. The largest absolute Gasteiger partial charge is 0.497 e. The van der Waals surface area contributed by atoms with Crippen molar-refractivity contribution in [3.63, 3.8) is 0 Å². The van der Waals surface area contributed by atoms with E-state index in [2.05, 4.69) is 6.07 Å². The number of hydrogen-bond acceptors (Lipinski definition) is 8. The van der Waals surface area contributed by atoms with Gasteiger partial charge in [-0.15, -0.1) is 0 Å². The minimum absolute atomic E-state index is 0.230. The summed E-state index contributed by atoms with van der Waals surface area (Å²) in [7, 11) is 1.60. The van der Waals surface area contributed by atoms with Crippen LogP contribution in [0.5, 0.6) is 5.75 Å². The summed E-state index contributed by atoms with van der Waals surface area (Å²) in [6.07, 6.45) is -0.533. The maximum absolute atomic E-state index is 11.7. The van der Waals surface area contributed by atoms with Gasteiger partial charge in [0.15, 0.2) is 6.29 Å². The first kappa shape index (κ1) is 26.2. The minimum atomic E-state index is -1.18. The van der Waals surface area contributed by atoms with Gasteiger partial charge in [0.2, 0.25) is 0 Å². The lowest BCUT2D eigenvalue weighted by Gasteiger charge is -2.35. The second-order valence-corrected chi connectivity index (χ2v) is 8.21. The summed E-state index contributed by atoms with van der Waals surface area (Å²) < 4.78 is 12.1. The van der Waals surface area contributed by atoms with Crippen LogP contribution in [0.1, 0.15) is 27.9 Å². The van der Waals surface area contributed by atoms with E-state index in [1.54, 1.807) is 25.4 Å². The molecule has 1 saturated heterocycles. The van der Waals surface area contributed by atoms with Crippen LogP contribution >= 0.6 is 0 Å². The van der Waals surface area contributed by atoms with Gasteiger partial charge in [-0.3, -0.25) is 4.79 Å². The van der Waals surface area contributed by atoms with Crippen molar-refractivity contribution < 1.29 is 34.7 Å². The Balaban J connectivity index is 0.000000241. The minimum Gasteiger partial charge on any atom is -0.497 e. The number of aliphatic hydroxyl groups excluding tert-OH is 4. The molecule has 0 spiro atoms. The van der Waals surface area contributed by atoms with Crippen molar-refractivity contribution in [1.82, 2.24) is 4.57 Å². The van der Waals surface area contributed by atoms with E-state index in [4.69, 9.17) is 30.7 Å². The molecule has 10 heteroatoms. The van der Waals surface area contributed by atoms with Crippen LogP contribution in [0.3, 0.4) is 0 Å². The molecule has 0 aliphatic carbocycles. The van der Waals surface area contributed by atoms with E-state index in [0.29, 0.717) is 23.4 Å². The van der Waals surface area contributed by atoms with Gasteiger partial charge in [0.05, 0.1) is 61.2 Å². The SMILES string of the molecule is COc1ccc2c(C(N)=O)cn(Cc3cccc(C#N)c3)c2c1.OCC1CC(O)C(CO)C(O)O1. The normalized spacial score (nSPS) is 21.6. The number of carbonyl (C=O) groups excluding carboxylic acids is 1. The highest BCUT2D eigenvalue weighted by Gasteiger charge is 2.35. The number of aromatic nitrogens is 1. The first-order valence-corrected chi connectivity index (χ1v) is 11.0. The summed E-state index contributed by atoms with van der Waals surface area (Å²) in [6.45, 7) is -0.0147. The van der Waals surface area contributed by atoms with Crippen molar-refractivity contribution >= 4 is 16.8 Å². The van der Waals surface area contributed by atoms with Crippen LogP contribution < -0.4 is 10.5 Å². The topological polar surface area (TPSA) is 171 Å². The second-order valence-electron chi connectivity index (χ2n) is 8.21. The molecule has 1 fully saturated rings. The molecule has 0 radical (unpaired) electrons. The zero-order valence-corrected chi connectivity index (χ0v) is 19.2. The first-order chi connectivity index (χ1) is 16.8. The van der Waals surface area contributed by atoms with E-state index in [0.717, 1.165) is 16.5 Å². The number of benzene rings is 2. The summed E-state index contributed by atoms with van der Waals surface area (Å²) in [5.74, 6) is -0.420. The van der Waals surface area contributed by atoms with E-state index in [1.165, 1.54) is 0 Å². The smallest absolute Gasteiger partial charge is 0.250 e. The standard InChI is InChI=1S/C18H15N3O2.C7H14O5/c1-23-14-5-6-15-16(18(20)22)11-21(17(15)8-14)10-13-4-2-3-12(7-13)9-19;8-2-4-1-6(10)5(3-9)7(11)12-4/h2-8,11H,10H2,1H3,(H2,20,22);4-11H,1-3H2. The predicted molar refractivity (Wildman–Crippen MR) is 126 cm³/mol. The molecule has 4 atom stereocenters. The molecule has 4 rings (SSSR count). The number of fused-ring (bicyclic) bond motifs is 1. The highest BCUT2D eigenvalue weighted by Crippen LogP contribution is 2.27. The first-order valence-electron chi connectivity index (χ1n) is 11.0. The molecule has 0 bridgehead atoms. The van der Waals surface area contributed by atoms with Crippen molar-refractivity contribution in [1.29, 1.82) is 5.26 Å². The summed E-state index contributed by atoms with van der Waals surface area (Å²) in [5, 5.41) is 45.7. The molecule has 1 aromatic heterocycles. The number of carbonyl (C=O) groups is 1. The zero-order valence-electron chi connectivity index (χ0n) is 19.2. The monoisotopic (exact) mass is 483 g/mol. The molecule has 1 aliphatic rings. The lowest BCUT2D eigenvalue weighted by atomic mass is 9.94. The third-order valence-corrected chi connectivity index (χ3v) is 5.88. The van der Waals surface area contributed by atoms with Gasteiger partial charge in [-0.2, -0.15) is 5.26 Å². The van der Waals surface area contributed by atoms with Gasteiger partial charge in [-0.25, -0.2) is 0 Å². The second kappa shape index (κ2) is 11.8. The van der Waals surface area contributed by atoms with Crippen LogP contribution in [-0.4, -0.2) is 69.7 Å². The fourth-order valence-corrected chi connectivity index (χ4v) is 3.98. The molecule has 186 valence electrons. The quantitative estimate of drug-likeness (QED) is 0.341. The maximum Gasteiger partial charge on any atom is 0.250 e. The van der Waals surface area contributed by atoms with Crippen molar-refractivity contribution in [2.45, 2.75) is 31.5 Å². The number of nitriles is 1. The zero-order chi connectivity index (χ0) is 25.5. The number of amides is 1. The predicted octanol–water partition coefficient (Wildman–Crippen LogP) is 0.724. The van der Waals surface area contributed by atoms with Gasteiger partial charge >= 0.3 is 0 Å². The van der Waals surface area contributed by atoms with E-state index < -0.39 is 30.3 Å². The van der Waals surface area contributed by atoms with Crippen molar-refractivity contribution in [3.05, 3.63) is 65.4 Å². The third kappa shape index (κ3) is 6.16. The molecular weight excluding hydrogens is 454 g/mol. The Bertz CT molecular complexity index is 1190. The van der Waals surface area contributed by atoms with Crippen LogP contribution in [0.2, 0.25) is 0 Å². The van der Waals surface area contributed by atoms with E-state index in [1.807, 2.05) is 34.9 Å². The molecular formula is C25H29N3O7. The number of rotatable bonds is 6. The van der Waals surface area contributed by atoms with Gasteiger partial charge in [-0.05, 0) is 29.8 Å². The molecule has 1 aliphatic heterocycles. The van der Waals surface area contributed by atoms with Gasteiger partial charge in [0.1, 0.15) is 5.75 Å². The van der Waals surface area contributed by atoms with Crippen molar-refractivity contribution in [3.8, 4) is 11.8 Å². The van der Waals surface area contributed by atoms with Crippen LogP contribution in [0.25, 0.3) is 10.9 Å². The van der Waals surface area contributed by atoms with E-state index >= 15 is 0 Å². The van der Waals surface area contributed by atoms with E-state index in [9.17, 15) is 15.0 Å². The Morgan fingerprint density at radius 2 is 2.00 bits per heavy atom. The maximum atomic E-state index is 11.7. The van der Waals surface area contributed by atoms with Crippen LogP contribution in [0, 0.1) is 17.2 Å². The Morgan fingerprint density at radius 3 is 2.60 bits per heavy atom. The molecule has 6 N–H and O–H groups in total. The lowest BCUT2D eigenvalue weighted by Crippen LogP contribution is -2.46. The number of primary amides is 1. The van der Waals surface area contributed by atoms with E-state index in [-0.39, 0.29) is 19.6 Å². The highest BCUT2D eigenvalue weighted by atomic mass is 16.6. The number of nitrogens with two attached hydrogens (primary N) is 1. The Kier molecular flexibility index (Phi) is 8.81. The van der Waals surface area contributed by atoms with Crippen molar-refractivity contribution in [2.75, 3.05) is 20.3 Å². The van der Waals surface area contributed by atoms with Crippen LogP contribution in [-0.2, 0) is 11.3 Å². The Hall–Kier alpha value is -3.46. The summed E-state index contributed by atoms with van der Waals surface area (Å²) >= 11 is 0. The lowest BCUT2D eigenvalue weighted by molar-refractivity contribution is -0.237. The highest BCUT2D eigenvalue weighted by molar-refractivity contribution is 6.06. The Labute approximate surface area is 202 Å². The molecule has 2 heterocycles. The van der Waals surface area contributed by atoms with Crippen LogP contribution in [0.15, 0.2) is 48.7 Å². The summed E-state index contributed by atoms with van der Waals surface area (Å²) in [4.78, 5) is 11.7. The number of ether oxygens (including phenoxy) is 2. The average molecular weight is 484 g/mol. The molecule has 1 amide bonds. The summed E-state index contributed by atoms with van der Waals surface area (Å²) in [6, 6.07) is 15.0. The van der Waals surface area contributed by atoms with Gasteiger partial charge < -0.3 is 40.2 Å². The third-order valence-electron chi connectivity index (χ3n) is 5.88. The number of hydrogen-bond donors (Lipinski definition) is 5. The summed E-state index contributed by atoms with van der Waals surface area (Å²) in [5.41, 5.74) is 8.38. The number of aliphatic hydroxyl groups is 4. The number of nitrogens with zero attached hydrogens (tertiary/aromatic N) is 2. The molecule has 35 heavy (non-hydrogen) atoms. The molecule has 0 saturated carbocycles. The fraction of sp³-hybridized carbons (Fsp3) is 0.360. The molecule has 2 aromatic carbocycles.